The first-order valence-corrected chi connectivity index (χ1v) is 11.1. The van der Waals surface area contributed by atoms with Gasteiger partial charge in [-0.2, -0.15) is 0 Å². The van der Waals surface area contributed by atoms with Crippen molar-refractivity contribution >= 4 is 23.3 Å². The van der Waals surface area contributed by atoms with Gasteiger partial charge in [0.1, 0.15) is 23.1 Å². The maximum atomic E-state index is 13.5. The van der Waals surface area contributed by atoms with Crippen LogP contribution in [0, 0.1) is 17.0 Å². The SMILES string of the molecule is O=C(COc1ccc(Cl)c(F)c1)NC12CC(CC(=O)C3CC(O)c4ccc(F)cc4O3)(C1)C2. The van der Waals surface area contributed by atoms with E-state index in [-0.39, 0.29) is 58.6 Å². The third kappa shape index (κ3) is 4.17. The van der Waals surface area contributed by atoms with Crippen molar-refractivity contribution < 1.29 is 33.0 Å². The van der Waals surface area contributed by atoms with Crippen molar-refractivity contribution in [2.75, 3.05) is 6.61 Å². The van der Waals surface area contributed by atoms with Gasteiger partial charge in [0.25, 0.3) is 5.91 Å². The van der Waals surface area contributed by atoms with Gasteiger partial charge in [0.2, 0.25) is 0 Å². The lowest BCUT2D eigenvalue weighted by Gasteiger charge is -2.70. The number of aliphatic hydroxyl groups excluding tert-OH is 1. The van der Waals surface area contributed by atoms with E-state index >= 15 is 0 Å². The number of hydrogen-bond donors (Lipinski definition) is 2. The Labute approximate surface area is 193 Å². The number of nitrogens with one attached hydrogen (secondary N) is 1. The molecule has 0 aromatic heterocycles. The quantitative estimate of drug-likeness (QED) is 0.632. The largest absolute Gasteiger partial charge is 0.484 e. The van der Waals surface area contributed by atoms with E-state index in [0.29, 0.717) is 24.8 Å². The molecule has 2 unspecified atom stereocenters. The summed E-state index contributed by atoms with van der Waals surface area (Å²) in [5, 5.41) is 13.2. The Balaban J connectivity index is 1.10. The number of benzene rings is 2. The number of fused-ring (bicyclic) bond motifs is 1. The van der Waals surface area contributed by atoms with Crippen LogP contribution in [0.2, 0.25) is 5.02 Å². The molecule has 9 heteroatoms. The van der Waals surface area contributed by atoms with Gasteiger partial charge in [-0.15, -0.1) is 0 Å². The lowest BCUT2D eigenvalue weighted by Crippen LogP contribution is -2.75. The molecule has 174 valence electrons. The van der Waals surface area contributed by atoms with Gasteiger partial charge >= 0.3 is 0 Å². The number of Topliss-reactive ketones (excluding diaryl/α,β-unsaturated/α-hetero) is 1. The highest BCUT2D eigenvalue weighted by Gasteiger charge is 2.68. The van der Waals surface area contributed by atoms with E-state index in [1.807, 2.05) is 0 Å². The van der Waals surface area contributed by atoms with E-state index in [4.69, 9.17) is 21.1 Å². The third-order valence-electron chi connectivity index (χ3n) is 6.76. The first-order chi connectivity index (χ1) is 15.7. The van der Waals surface area contributed by atoms with Crippen LogP contribution in [0.4, 0.5) is 8.78 Å². The Kier molecular flexibility index (Phi) is 5.33. The van der Waals surface area contributed by atoms with E-state index in [1.54, 1.807) is 0 Å². The van der Waals surface area contributed by atoms with Crippen LogP contribution in [0.5, 0.6) is 11.5 Å². The molecule has 2 bridgehead atoms. The summed E-state index contributed by atoms with van der Waals surface area (Å²) in [7, 11) is 0. The average molecular weight is 478 g/mol. The minimum atomic E-state index is -0.879. The normalized spacial score (nSPS) is 29.1. The highest BCUT2D eigenvalue weighted by molar-refractivity contribution is 6.30. The molecule has 0 spiro atoms. The molecular weight excluding hydrogens is 456 g/mol. The molecule has 2 atom stereocenters. The van der Waals surface area contributed by atoms with Gasteiger partial charge in [-0.3, -0.25) is 9.59 Å². The predicted octanol–water partition coefficient (Wildman–Crippen LogP) is 3.88. The van der Waals surface area contributed by atoms with E-state index in [1.165, 1.54) is 30.3 Å². The van der Waals surface area contributed by atoms with Crippen LogP contribution in [-0.4, -0.2) is 35.0 Å². The molecule has 3 aliphatic carbocycles. The topological polar surface area (TPSA) is 84.9 Å². The van der Waals surface area contributed by atoms with Crippen LogP contribution in [0.1, 0.15) is 43.8 Å². The fourth-order valence-corrected chi connectivity index (χ4v) is 5.58. The molecule has 2 N–H and O–H groups in total. The highest BCUT2D eigenvalue weighted by Crippen LogP contribution is 2.69. The van der Waals surface area contributed by atoms with Gasteiger partial charge < -0.3 is 19.9 Å². The van der Waals surface area contributed by atoms with Crippen LogP contribution in [-0.2, 0) is 9.59 Å². The Morgan fingerprint density at radius 3 is 2.67 bits per heavy atom. The number of carbonyl (C=O) groups excluding carboxylic acids is 2. The second-order valence-corrected chi connectivity index (χ2v) is 9.81. The van der Waals surface area contributed by atoms with Crippen LogP contribution in [0.25, 0.3) is 0 Å². The first kappa shape index (κ1) is 22.1. The van der Waals surface area contributed by atoms with Crippen molar-refractivity contribution in [3.8, 4) is 11.5 Å². The zero-order valence-electron chi connectivity index (χ0n) is 17.6. The molecule has 2 aromatic rings. The van der Waals surface area contributed by atoms with Crippen molar-refractivity contribution in [3.63, 3.8) is 0 Å². The smallest absolute Gasteiger partial charge is 0.258 e. The van der Waals surface area contributed by atoms with Crippen molar-refractivity contribution in [2.24, 2.45) is 5.41 Å². The van der Waals surface area contributed by atoms with Gasteiger partial charge in [0.05, 0.1) is 11.1 Å². The third-order valence-corrected chi connectivity index (χ3v) is 7.06. The number of carbonyl (C=O) groups is 2. The maximum absolute atomic E-state index is 13.5. The summed E-state index contributed by atoms with van der Waals surface area (Å²) in [4.78, 5) is 25.1. The number of ketones is 1. The van der Waals surface area contributed by atoms with Crippen LogP contribution in [0.15, 0.2) is 36.4 Å². The van der Waals surface area contributed by atoms with Crippen molar-refractivity contribution in [1.29, 1.82) is 0 Å². The molecule has 1 amide bonds. The van der Waals surface area contributed by atoms with Gasteiger partial charge in [-0.05, 0) is 48.9 Å². The Morgan fingerprint density at radius 2 is 1.94 bits per heavy atom. The Bertz CT molecular complexity index is 1120. The number of hydrogen-bond acceptors (Lipinski definition) is 5. The zero-order chi connectivity index (χ0) is 23.4. The van der Waals surface area contributed by atoms with Crippen molar-refractivity contribution in [2.45, 2.75) is 49.9 Å². The monoisotopic (exact) mass is 477 g/mol. The van der Waals surface area contributed by atoms with Gasteiger partial charge in [0, 0.05) is 36.1 Å². The highest BCUT2D eigenvalue weighted by atomic mass is 35.5. The van der Waals surface area contributed by atoms with Crippen molar-refractivity contribution in [1.82, 2.24) is 5.32 Å². The van der Waals surface area contributed by atoms with Crippen LogP contribution in [0.3, 0.4) is 0 Å². The molecule has 0 saturated heterocycles. The predicted molar refractivity (Wildman–Crippen MR) is 114 cm³/mol. The second kappa shape index (κ2) is 7.95. The molecule has 1 heterocycles. The van der Waals surface area contributed by atoms with Gasteiger partial charge in [-0.25, -0.2) is 8.78 Å². The molecule has 6 rings (SSSR count). The minimum Gasteiger partial charge on any atom is -0.484 e. The molecule has 1 aliphatic heterocycles. The molecule has 4 aliphatic rings. The van der Waals surface area contributed by atoms with Gasteiger partial charge in [0.15, 0.2) is 18.5 Å². The molecule has 2 aromatic carbocycles. The average Bonchev–Trinajstić information content (AvgIpc) is 2.71. The number of amides is 1. The summed E-state index contributed by atoms with van der Waals surface area (Å²) in [6.45, 7) is -0.251. The molecule has 3 saturated carbocycles. The van der Waals surface area contributed by atoms with E-state index in [9.17, 15) is 23.5 Å². The lowest BCUT2D eigenvalue weighted by molar-refractivity contribution is -0.175. The Morgan fingerprint density at radius 1 is 1.18 bits per heavy atom. The van der Waals surface area contributed by atoms with Crippen LogP contribution < -0.4 is 14.8 Å². The molecular formula is C24H22ClF2NO5. The number of aliphatic hydroxyl groups is 1. The fraction of sp³-hybridized carbons (Fsp3) is 0.417. The van der Waals surface area contributed by atoms with Crippen LogP contribution >= 0.6 is 11.6 Å². The first-order valence-electron chi connectivity index (χ1n) is 10.7. The van der Waals surface area contributed by atoms with Crippen molar-refractivity contribution in [3.05, 3.63) is 58.6 Å². The molecule has 0 radical (unpaired) electrons. The van der Waals surface area contributed by atoms with E-state index < -0.39 is 23.8 Å². The summed E-state index contributed by atoms with van der Waals surface area (Å²) in [6.07, 6.45) is 0.748. The lowest BCUT2D eigenvalue weighted by atomic mass is 9.38. The standard InChI is InChI=1S/C24H22ClF2NO5/c25-16-4-2-14(6-17(16)27)32-9-22(31)28-24-10-23(11-24,12-24)8-19(30)21-7-18(29)15-3-1-13(26)5-20(15)33-21/h1-6,18,21,29H,7-12H2,(H,28,31). The van der Waals surface area contributed by atoms with Gasteiger partial charge in [-0.1, -0.05) is 11.6 Å². The number of rotatable bonds is 7. The summed E-state index contributed by atoms with van der Waals surface area (Å²) < 4.78 is 38.0. The van der Waals surface area contributed by atoms with E-state index in [2.05, 4.69) is 5.32 Å². The summed E-state index contributed by atoms with van der Waals surface area (Å²) in [5.41, 5.74) is -0.0356. The van der Waals surface area contributed by atoms with E-state index in [0.717, 1.165) is 6.07 Å². The zero-order valence-corrected chi connectivity index (χ0v) is 18.3. The summed E-state index contributed by atoms with van der Waals surface area (Å²) in [5.74, 6) is -1.14. The fourth-order valence-electron chi connectivity index (χ4n) is 5.46. The molecule has 6 nitrogen and oxygen atoms in total. The second-order valence-electron chi connectivity index (χ2n) is 9.41. The maximum Gasteiger partial charge on any atom is 0.258 e. The Hall–Kier alpha value is -2.71. The molecule has 33 heavy (non-hydrogen) atoms. The summed E-state index contributed by atoms with van der Waals surface area (Å²) >= 11 is 5.63. The summed E-state index contributed by atoms with van der Waals surface area (Å²) in [6, 6.07) is 7.87. The number of ether oxygens (including phenoxy) is 2. The molecule has 3 fully saturated rings. The number of halogens is 3. The minimum absolute atomic E-state index is 0.0231.